The van der Waals surface area contributed by atoms with Gasteiger partial charge in [0.05, 0.1) is 38.4 Å². The first-order valence-electron chi connectivity index (χ1n) is 13.7. The molecule has 2 amide bonds. The van der Waals surface area contributed by atoms with Gasteiger partial charge in [0.2, 0.25) is 5.91 Å². The van der Waals surface area contributed by atoms with E-state index in [-0.39, 0.29) is 17.9 Å². The van der Waals surface area contributed by atoms with Crippen LogP contribution < -0.4 is 16.0 Å². The first-order chi connectivity index (χ1) is 19.8. The highest BCUT2D eigenvalue weighted by molar-refractivity contribution is 7.14. The zero-order valence-corrected chi connectivity index (χ0v) is 24.5. The summed E-state index contributed by atoms with van der Waals surface area (Å²) in [5.41, 5.74) is 3.45. The molecule has 1 aliphatic carbocycles. The first kappa shape index (κ1) is 28.5. The Balaban J connectivity index is 1.29. The molecule has 3 aromatic heterocycles. The Morgan fingerprint density at radius 2 is 1.93 bits per heavy atom. The van der Waals surface area contributed by atoms with Crippen LogP contribution >= 0.6 is 22.9 Å². The van der Waals surface area contributed by atoms with E-state index in [4.69, 9.17) is 11.6 Å². The van der Waals surface area contributed by atoms with Gasteiger partial charge in [-0.05, 0) is 68.7 Å². The van der Waals surface area contributed by atoms with Crippen molar-refractivity contribution in [1.29, 1.82) is 5.26 Å². The molecule has 3 heterocycles. The van der Waals surface area contributed by atoms with Crippen molar-refractivity contribution in [3.05, 3.63) is 80.9 Å². The number of amides is 2. The molecule has 0 bridgehead atoms. The Labute approximate surface area is 248 Å². The van der Waals surface area contributed by atoms with Crippen LogP contribution in [0.1, 0.15) is 70.9 Å². The Morgan fingerprint density at radius 1 is 1.12 bits per heavy atom. The number of halogens is 1. The summed E-state index contributed by atoms with van der Waals surface area (Å²) in [4.78, 5) is 36.9. The molecular weight excluding hydrogens is 556 g/mol. The number of nitrogens with zero attached hydrogens (tertiary/aromatic N) is 3. The zero-order chi connectivity index (χ0) is 28.9. The molecule has 0 saturated heterocycles. The fourth-order valence-electron chi connectivity index (χ4n) is 5.21. The van der Waals surface area contributed by atoms with Crippen LogP contribution in [0.5, 0.6) is 0 Å². The quantitative estimate of drug-likeness (QED) is 0.194. The van der Waals surface area contributed by atoms with Crippen LogP contribution in [0.2, 0.25) is 5.02 Å². The molecule has 3 N–H and O–H groups in total. The van der Waals surface area contributed by atoms with E-state index in [1.807, 2.05) is 26.0 Å². The predicted octanol–water partition coefficient (Wildman–Crippen LogP) is 7.02. The van der Waals surface area contributed by atoms with E-state index in [2.05, 4.69) is 32.0 Å². The van der Waals surface area contributed by atoms with Crippen molar-refractivity contribution in [1.82, 2.24) is 15.3 Å². The average Bonchev–Trinajstić information content (AvgIpc) is 3.67. The summed E-state index contributed by atoms with van der Waals surface area (Å²) in [5, 5.41) is 19.9. The molecule has 1 aliphatic rings. The van der Waals surface area contributed by atoms with Gasteiger partial charge in [0.1, 0.15) is 12.1 Å². The molecule has 2 unspecified atom stereocenters. The Kier molecular flexibility index (Phi) is 8.81. The third kappa shape index (κ3) is 7.02. The van der Waals surface area contributed by atoms with Crippen LogP contribution in [0.3, 0.4) is 0 Å². The molecule has 0 radical (unpaired) electrons. The number of fused-ring (bicyclic) bond motifs is 1. The van der Waals surface area contributed by atoms with E-state index in [0.29, 0.717) is 33.5 Å². The molecule has 41 heavy (non-hydrogen) atoms. The average molecular weight is 587 g/mol. The van der Waals surface area contributed by atoms with Gasteiger partial charge in [-0.1, -0.05) is 37.3 Å². The van der Waals surface area contributed by atoms with E-state index in [1.54, 1.807) is 36.5 Å². The number of carbonyl (C=O) groups is 2. The van der Waals surface area contributed by atoms with Crippen molar-refractivity contribution in [2.24, 2.45) is 5.92 Å². The monoisotopic (exact) mass is 586 g/mol. The summed E-state index contributed by atoms with van der Waals surface area (Å²) < 4.78 is 0. The molecule has 210 valence electrons. The lowest BCUT2D eigenvalue weighted by Gasteiger charge is -2.21. The highest BCUT2D eigenvalue weighted by Crippen LogP contribution is 2.31. The lowest BCUT2D eigenvalue weighted by Crippen LogP contribution is -2.44. The van der Waals surface area contributed by atoms with Crippen molar-refractivity contribution in [3.8, 4) is 6.07 Å². The first-order valence-corrected chi connectivity index (χ1v) is 14.9. The second-order valence-corrected chi connectivity index (χ2v) is 12.1. The fraction of sp³-hybridized carbons (Fsp3) is 0.323. The summed E-state index contributed by atoms with van der Waals surface area (Å²) in [6.07, 6.45) is 8.13. The second kappa shape index (κ2) is 12.7. The van der Waals surface area contributed by atoms with Crippen LogP contribution in [-0.4, -0.2) is 27.8 Å². The van der Waals surface area contributed by atoms with Crippen LogP contribution in [0, 0.1) is 24.2 Å². The van der Waals surface area contributed by atoms with Gasteiger partial charge >= 0.3 is 0 Å². The summed E-state index contributed by atoms with van der Waals surface area (Å²) in [5.74, 6) is -0.138. The molecule has 0 aliphatic heterocycles. The Morgan fingerprint density at radius 3 is 2.71 bits per heavy atom. The van der Waals surface area contributed by atoms with Gasteiger partial charge in [-0.15, -0.1) is 11.3 Å². The molecule has 5 rings (SSSR count). The minimum atomic E-state index is -0.675. The molecule has 1 fully saturated rings. The third-order valence-corrected chi connectivity index (χ3v) is 8.92. The number of thiophene rings is 1. The summed E-state index contributed by atoms with van der Waals surface area (Å²) in [6, 6.07) is 14.0. The van der Waals surface area contributed by atoms with Crippen molar-refractivity contribution >= 4 is 57.0 Å². The molecule has 1 aromatic carbocycles. The minimum Gasteiger partial charge on any atom is -0.376 e. The van der Waals surface area contributed by atoms with Crippen LogP contribution in [0.25, 0.3) is 10.9 Å². The number of carbonyl (C=O) groups excluding carboxylic acids is 2. The van der Waals surface area contributed by atoms with Crippen LogP contribution in [0.4, 0.5) is 11.4 Å². The topological polar surface area (TPSA) is 120 Å². The largest absolute Gasteiger partial charge is 0.376 e. The van der Waals surface area contributed by atoms with Gasteiger partial charge in [-0.25, -0.2) is 0 Å². The number of nitrogens with one attached hydrogen (secondary N) is 3. The standard InChI is InChI=1S/C31H31ClN6O2S/c1-18-26(14-23(32)17-34-18)36-19(2)28-9-10-29(41-28)31(40)38-27(12-20-5-3-4-6-20)30(39)37-24-7-8-25-22(13-24)11-21(15-33)16-35-25/h7-11,13-14,16-17,19-20,27,36H,3-6,12H2,1-2H3,(H,37,39)(H,38,40). The number of rotatable bonds is 9. The number of aromatic nitrogens is 2. The molecule has 10 heteroatoms. The number of pyridine rings is 2. The van der Waals surface area contributed by atoms with Gasteiger partial charge in [0, 0.05) is 28.3 Å². The second-order valence-electron chi connectivity index (χ2n) is 10.5. The summed E-state index contributed by atoms with van der Waals surface area (Å²) in [7, 11) is 0. The highest BCUT2D eigenvalue weighted by Gasteiger charge is 2.28. The smallest absolute Gasteiger partial charge is 0.262 e. The van der Waals surface area contributed by atoms with Crippen molar-refractivity contribution in [2.75, 3.05) is 10.6 Å². The van der Waals surface area contributed by atoms with Crippen molar-refractivity contribution in [3.63, 3.8) is 0 Å². The maximum atomic E-state index is 13.5. The van der Waals surface area contributed by atoms with E-state index < -0.39 is 6.04 Å². The van der Waals surface area contributed by atoms with Crippen LogP contribution in [-0.2, 0) is 4.79 Å². The number of aryl methyl sites for hydroxylation is 1. The fourth-order valence-corrected chi connectivity index (χ4v) is 6.28. The van der Waals surface area contributed by atoms with E-state index in [1.165, 1.54) is 17.5 Å². The van der Waals surface area contributed by atoms with Crippen molar-refractivity contribution in [2.45, 2.75) is 58.0 Å². The molecule has 4 aromatic rings. The molecule has 0 spiro atoms. The molecular formula is C31H31ClN6O2S. The Bertz CT molecular complexity index is 1620. The van der Waals surface area contributed by atoms with E-state index >= 15 is 0 Å². The van der Waals surface area contributed by atoms with Gasteiger partial charge in [-0.3, -0.25) is 19.6 Å². The van der Waals surface area contributed by atoms with E-state index in [9.17, 15) is 14.9 Å². The lowest BCUT2D eigenvalue weighted by atomic mass is 9.97. The number of anilines is 2. The summed E-state index contributed by atoms with van der Waals surface area (Å²) in [6.45, 7) is 3.93. The van der Waals surface area contributed by atoms with Crippen molar-refractivity contribution < 1.29 is 9.59 Å². The normalized spacial score (nSPS) is 14.8. The predicted molar refractivity (Wildman–Crippen MR) is 163 cm³/mol. The number of nitriles is 1. The van der Waals surface area contributed by atoms with Gasteiger partial charge < -0.3 is 16.0 Å². The van der Waals surface area contributed by atoms with Gasteiger partial charge in [0.15, 0.2) is 0 Å². The van der Waals surface area contributed by atoms with Gasteiger partial charge in [-0.2, -0.15) is 5.26 Å². The molecule has 2 atom stereocenters. The minimum absolute atomic E-state index is 0.0676. The third-order valence-electron chi connectivity index (χ3n) is 7.45. The highest BCUT2D eigenvalue weighted by atomic mass is 35.5. The number of hydrogen-bond acceptors (Lipinski definition) is 7. The SMILES string of the molecule is Cc1ncc(Cl)cc1NC(C)c1ccc(C(=O)NC(CC2CCCC2)C(=O)Nc2ccc3ncc(C#N)cc3c2)s1. The number of hydrogen-bond donors (Lipinski definition) is 3. The van der Waals surface area contributed by atoms with Gasteiger partial charge in [0.25, 0.3) is 5.91 Å². The lowest BCUT2D eigenvalue weighted by molar-refractivity contribution is -0.118. The number of benzene rings is 1. The summed E-state index contributed by atoms with van der Waals surface area (Å²) >= 11 is 7.51. The molecule has 1 saturated carbocycles. The molecule has 8 nitrogen and oxygen atoms in total. The Hall–Kier alpha value is -4.00. The maximum Gasteiger partial charge on any atom is 0.262 e. The zero-order valence-electron chi connectivity index (χ0n) is 22.9. The maximum absolute atomic E-state index is 13.5. The van der Waals surface area contributed by atoms with Crippen LogP contribution in [0.15, 0.2) is 54.9 Å². The van der Waals surface area contributed by atoms with E-state index in [0.717, 1.165) is 52.8 Å².